The molecule has 1 amide bonds. The molecule has 2 rings (SSSR count). The summed E-state index contributed by atoms with van der Waals surface area (Å²) < 4.78 is 6.56. The van der Waals surface area contributed by atoms with E-state index in [1.807, 2.05) is 0 Å². The van der Waals surface area contributed by atoms with Gasteiger partial charge in [-0.2, -0.15) is 0 Å². The lowest BCUT2D eigenvalue weighted by atomic mass is 10.4. The van der Waals surface area contributed by atoms with E-state index in [9.17, 15) is 14.9 Å². The third kappa shape index (κ3) is 3.26. The number of nitrogens with one attached hydrogen (secondary N) is 1. The van der Waals surface area contributed by atoms with Crippen molar-refractivity contribution in [3.8, 4) is 0 Å². The van der Waals surface area contributed by atoms with Crippen molar-refractivity contribution in [2.24, 2.45) is 12.0 Å². The van der Waals surface area contributed by atoms with Crippen LogP contribution in [0.15, 0.2) is 33.9 Å². The molecule has 2 aromatic rings. The van der Waals surface area contributed by atoms with Crippen LogP contribution in [0.25, 0.3) is 6.08 Å². The number of hydrogen-bond acceptors (Lipinski definition) is 6. The van der Waals surface area contributed by atoms with Gasteiger partial charge in [-0.05, 0) is 29.7 Å². The van der Waals surface area contributed by atoms with Crippen LogP contribution in [-0.4, -0.2) is 21.8 Å². The fraction of sp³-hybridized carbons (Fsp3) is 0.167. The number of hydrogen-bond donors (Lipinski definition) is 1. The normalized spacial score (nSPS) is 12.0. The third-order valence-corrected chi connectivity index (χ3v) is 3.45. The Labute approximate surface area is 123 Å². The number of nitro groups is 1. The van der Waals surface area contributed by atoms with Crippen LogP contribution in [-0.2, 0) is 11.8 Å². The van der Waals surface area contributed by atoms with E-state index in [-0.39, 0.29) is 16.2 Å². The van der Waals surface area contributed by atoms with Gasteiger partial charge in [-0.15, -0.1) is 0 Å². The van der Waals surface area contributed by atoms with Gasteiger partial charge in [-0.1, -0.05) is 0 Å². The van der Waals surface area contributed by atoms with Crippen molar-refractivity contribution < 1.29 is 14.1 Å². The van der Waals surface area contributed by atoms with E-state index in [1.165, 1.54) is 29.4 Å². The fourth-order valence-corrected chi connectivity index (χ4v) is 2.59. The minimum Gasteiger partial charge on any atom is -0.465 e. The predicted molar refractivity (Wildman–Crippen MR) is 77.8 cm³/mol. The molecule has 0 fully saturated rings. The molecule has 0 aliphatic rings. The van der Waals surface area contributed by atoms with Gasteiger partial charge < -0.3 is 9.73 Å². The first-order valence-corrected chi connectivity index (χ1v) is 6.60. The monoisotopic (exact) mass is 308 g/mol. The maximum Gasteiger partial charge on any atom is 0.347 e. The molecular formula is C12H12N4O4S. The lowest BCUT2D eigenvalue weighted by molar-refractivity contribution is -0.385. The van der Waals surface area contributed by atoms with Crippen LogP contribution < -0.4 is 10.8 Å². The molecule has 2 aromatic heterocycles. The maximum atomic E-state index is 11.8. The minimum atomic E-state index is -0.565. The van der Waals surface area contributed by atoms with Crippen LogP contribution in [0.5, 0.6) is 0 Å². The quantitative estimate of drug-likeness (QED) is 0.528. The highest BCUT2D eigenvalue weighted by molar-refractivity contribution is 7.11. The van der Waals surface area contributed by atoms with Crippen LogP contribution in [0.1, 0.15) is 5.76 Å². The number of anilines is 1. The van der Waals surface area contributed by atoms with Gasteiger partial charge in [0, 0.05) is 20.2 Å². The van der Waals surface area contributed by atoms with E-state index < -0.39 is 10.8 Å². The topological polar surface area (TPSA) is 103 Å². The number of amides is 1. The molecule has 8 nitrogen and oxygen atoms in total. The molecule has 9 heteroatoms. The Balaban J connectivity index is 2.24. The molecule has 0 saturated heterocycles. The minimum absolute atomic E-state index is 0.136. The summed E-state index contributed by atoms with van der Waals surface area (Å²) in [5, 5.41) is 13.7. The van der Waals surface area contributed by atoms with Crippen LogP contribution >= 0.6 is 11.5 Å². The second-order valence-electron chi connectivity index (χ2n) is 3.91. The maximum absolute atomic E-state index is 11.8. The summed E-state index contributed by atoms with van der Waals surface area (Å²) in [7, 11) is 3.09. The molecule has 0 radical (unpaired) electrons. The van der Waals surface area contributed by atoms with Gasteiger partial charge in [0.2, 0.25) is 11.4 Å². The Morgan fingerprint density at radius 2 is 2.38 bits per heavy atom. The molecule has 0 aromatic carbocycles. The first-order valence-electron chi connectivity index (χ1n) is 5.83. The molecule has 1 N–H and O–H groups in total. The summed E-state index contributed by atoms with van der Waals surface area (Å²) in [5.41, 5.74) is -0.0138. The van der Waals surface area contributed by atoms with Gasteiger partial charge in [-0.3, -0.25) is 23.9 Å². The lowest BCUT2D eigenvalue weighted by Crippen LogP contribution is -2.15. The Kier molecular flexibility index (Phi) is 4.33. The Bertz CT molecular complexity index is 755. The van der Waals surface area contributed by atoms with E-state index in [1.54, 1.807) is 19.2 Å². The second kappa shape index (κ2) is 6.18. The fourth-order valence-electron chi connectivity index (χ4n) is 1.66. The van der Waals surface area contributed by atoms with Crippen LogP contribution in [0, 0.1) is 10.1 Å². The Morgan fingerprint density at radius 1 is 1.62 bits per heavy atom. The molecule has 21 heavy (non-hydrogen) atoms. The standard InChI is InChI=1S/C12H12N4O4S/c1-13-11-10(16(18)19)12(21-15(11)2)14-9(17)6-5-8-4-3-7-20-8/h3-7H,1-2H3,(H,14,17)/b6-5+,13-11?. The highest BCUT2D eigenvalue weighted by Crippen LogP contribution is 2.25. The van der Waals surface area contributed by atoms with Crippen LogP contribution in [0.2, 0.25) is 0 Å². The number of furan rings is 1. The number of carbonyl (C=O) groups is 1. The van der Waals surface area contributed by atoms with Crippen molar-refractivity contribution >= 4 is 34.2 Å². The summed E-state index contributed by atoms with van der Waals surface area (Å²) >= 11 is 1.04. The zero-order chi connectivity index (χ0) is 15.4. The van der Waals surface area contributed by atoms with Gasteiger partial charge in [0.15, 0.2) is 5.00 Å². The van der Waals surface area contributed by atoms with Crippen molar-refractivity contribution in [2.75, 3.05) is 12.4 Å². The number of nitrogens with zero attached hydrogens (tertiary/aromatic N) is 3. The van der Waals surface area contributed by atoms with E-state index in [4.69, 9.17) is 4.42 Å². The molecule has 110 valence electrons. The Hall–Kier alpha value is -2.68. The second-order valence-corrected chi connectivity index (χ2v) is 5.05. The van der Waals surface area contributed by atoms with E-state index >= 15 is 0 Å². The van der Waals surface area contributed by atoms with Crippen molar-refractivity contribution in [3.63, 3.8) is 0 Å². The molecule has 2 heterocycles. The summed E-state index contributed by atoms with van der Waals surface area (Å²) in [6.07, 6.45) is 4.20. The van der Waals surface area contributed by atoms with Gasteiger partial charge in [0.05, 0.1) is 11.2 Å². The van der Waals surface area contributed by atoms with Gasteiger partial charge in [-0.25, -0.2) is 0 Å². The smallest absolute Gasteiger partial charge is 0.347 e. The van der Waals surface area contributed by atoms with E-state index in [0.717, 1.165) is 11.5 Å². The SMILES string of the molecule is CN=c1c([N+](=O)[O-])c(NC(=O)/C=C/c2ccco2)sn1C. The molecule has 0 unspecified atom stereocenters. The largest absolute Gasteiger partial charge is 0.465 e. The van der Waals surface area contributed by atoms with E-state index in [0.29, 0.717) is 5.76 Å². The van der Waals surface area contributed by atoms with Crippen LogP contribution in [0.4, 0.5) is 10.7 Å². The molecule has 0 aliphatic heterocycles. The highest BCUT2D eigenvalue weighted by atomic mass is 32.1. The Morgan fingerprint density at radius 3 is 2.95 bits per heavy atom. The average molecular weight is 308 g/mol. The molecule has 0 bridgehead atoms. The molecule has 0 saturated carbocycles. The average Bonchev–Trinajstić information content (AvgIpc) is 3.03. The highest BCUT2D eigenvalue weighted by Gasteiger charge is 2.23. The van der Waals surface area contributed by atoms with Crippen molar-refractivity contribution in [3.05, 3.63) is 45.8 Å². The van der Waals surface area contributed by atoms with Gasteiger partial charge >= 0.3 is 5.69 Å². The van der Waals surface area contributed by atoms with Crippen molar-refractivity contribution in [1.82, 2.24) is 3.96 Å². The van der Waals surface area contributed by atoms with Gasteiger partial charge in [0.25, 0.3) is 0 Å². The predicted octanol–water partition coefficient (Wildman–Crippen LogP) is 1.77. The van der Waals surface area contributed by atoms with Crippen molar-refractivity contribution in [2.45, 2.75) is 0 Å². The first-order chi connectivity index (χ1) is 10.0. The van der Waals surface area contributed by atoms with Gasteiger partial charge in [0.1, 0.15) is 5.76 Å². The zero-order valence-corrected chi connectivity index (χ0v) is 12.1. The molecular weight excluding hydrogens is 296 g/mol. The molecule has 0 atom stereocenters. The number of carbonyl (C=O) groups excluding carboxylic acids is 1. The lowest BCUT2D eigenvalue weighted by Gasteiger charge is -1.96. The summed E-state index contributed by atoms with van der Waals surface area (Å²) in [6, 6.07) is 3.38. The van der Waals surface area contributed by atoms with Crippen molar-refractivity contribution in [1.29, 1.82) is 0 Å². The number of rotatable bonds is 4. The number of aromatic nitrogens is 1. The summed E-state index contributed by atoms with van der Waals surface area (Å²) in [6.45, 7) is 0. The third-order valence-electron chi connectivity index (χ3n) is 2.53. The zero-order valence-electron chi connectivity index (χ0n) is 11.3. The summed E-state index contributed by atoms with van der Waals surface area (Å²) in [5.74, 6) is 0.0274. The molecule has 0 spiro atoms. The summed E-state index contributed by atoms with van der Waals surface area (Å²) in [4.78, 5) is 26.2. The number of aryl methyl sites for hydroxylation is 1. The van der Waals surface area contributed by atoms with E-state index in [2.05, 4.69) is 10.3 Å². The first kappa shape index (κ1) is 14.7. The van der Waals surface area contributed by atoms with Crippen LogP contribution in [0.3, 0.4) is 0 Å². The molecule has 0 aliphatic carbocycles.